The molecule has 1 aromatic rings. The van der Waals surface area contributed by atoms with E-state index in [2.05, 4.69) is 0 Å². The maximum atomic E-state index is 12.0. The maximum Gasteiger partial charge on any atom is 0.226 e. The summed E-state index contributed by atoms with van der Waals surface area (Å²) in [5, 5.41) is 9.78. The Balaban J connectivity index is 2.42. The number of nitrogens with zero attached hydrogens (tertiary/aromatic N) is 1. The molecule has 4 nitrogen and oxygen atoms in total. The lowest BCUT2D eigenvalue weighted by Gasteiger charge is -2.28. The predicted octanol–water partition coefficient (Wildman–Crippen LogP) is 2.38. The minimum atomic E-state index is -0.872. The van der Waals surface area contributed by atoms with E-state index in [4.69, 9.17) is 4.74 Å². The first-order valence-electron chi connectivity index (χ1n) is 7.01. The molecule has 0 fully saturated rings. The van der Waals surface area contributed by atoms with Crippen LogP contribution in [0.2, 0.25) is 0 Å². The molecule has 0 bridgehead atoms. The van der Waals surface area contributed by atoms with Crippen molar-refractivity contribution >= 4 is 5.91 Å². The van der Waals surface area contributed by atoms with Crippen LogP contribution in [0.5, 0.6) is 5.75 Å². The number of benzene rings is 1. The van der Waals surface area contributed by atoms with E-state index in [0.29, 0.717) is 26.1 Å². The molecular weight excluding hydrogens is 254 g/mol. The highest BCUT2D eigenvalue weighted by molar-refractivity contribution is 5.76. The number of likely N-dealkylation sites (N-methyl/N-ethyl adjacent to an activating group) is 1. The van der Waals surface area contributed by atoms with E-state index in [1.807, 2.05) is 38.1 Å². The Hall–Kier alpha value is -1.55. The van der Waals surface area contributed by atoms with Crippen molar-refractivity contribution in [2.24, 2.45) is 0 Å². The van der Waals surface area contributed by atoms with Crippen molar-refractivity contribution in [3.05, 3.63) is 29.8 Å². The lowest BCUT2D eigenvalue weighted by atomic mass is 10.1. The monoisotopic (exact) mass is 279 g/mol. The molecule has 1 aromatic carbocycles. The van der Waals surface area contributed by atoms with Crippen molar-refractivity contribution in [3.8, 4) is 5.75 Å². The summed E-state index contributed by atoms with van der Waals surface area (Å²) >= 11 is 0. The molecule has 1 amide bonds. The van der Waals surface area contributed by atoms with Gasteiger partial charge < -0.3 is 14.7 Å². The Labute approximate surface area is 121 Å². The predicted molar refractivity (Wildman–Crippen MR) is 79.8 cm³/mol. The first kappa shape index (κ1) is 16.5. The van der Waals surface area contributed by atoms with E-state index in [1.54, 1.807) is 18.7 Å². The summed E-state index contributed by atoms with van der Waals surface area (Å²) in [5.74, 6) is 0.783. The van der Waals surface area contributed by atoms with Crippen molar-refractivity contribution in [3.63, 3.8) is 0 Å². The standard InChI is InChI=1S/C16H25NO3/c1-5-17(12-16(3,4)19)15(18)9-10-20-14-8-6-7-13(2)11-14/h6-8,11,19H,5,9-10,12H2,1-4H3. The van der Waals surface area contributed by atoms with Gasteiger partial charge in [-0.2, -0.15) is 0 Å². The molecule has 0 radical (unpaired) electrons. The number of aryl methyl sites for hydroxylation is 1. The Morgan fingerprint density at radius 3 is 2.65 bits per heavy atom. The van der Waals surface area contributed by atoms with Gasteiger partial charge in [0, 0.05) is 13.1 Å². The van der Waals surface area contributed by atoms with Crippen LogP contribution >= 0.6 is 0 Å². The Morgan fingerprint density at radius 1 is 1.40 bits per heavy atom. The number of carbonyl (C=O) groups is 1. The Morgan fingerprint density at radius 2 is 2.10 bits per heavy atom. The maximum absolute atomic E-state index is 12.0. The molecule has 0 aliphatic heterocycles. The number of aliphatic hydroxyl groups is 1. The molecule has 4 heteroatoms. The van der Waals surface area contributed by atoms with E-state index < -0.39 is 5.60 Å². The van der Waals surface area contributed by atoms with Crippen molar-refractivity contribution < 1.29 is 14.6 Å². The third-order valence-corrected chi connectivity index (χ3v) is 2.89. The van der Waals surface area contributed by atoms with Gasteiger partial charge in [0.25, 0.3) is 0 Å². The van der Waals surface area contributed by atoms with Crippen molar-refractivity contribution in [1.29, 1.82) is 0 Å². The smallest absolute Gasteiger partial charge is 0.226 e. The number of ether oxygens (including phenoxy) is 1. The van der Waals surface area contributed by atoms with E-state index in [9.17, 15) is 9.90 Å². The summed E-state index contributed by atoms with van der Waals surface area (Å²) in [6.07, 6.45) is 0.317. The van der Waals surface area contributed by atoms with Gasteiger partial charge in [0.1, 0.15) is 5.75 Å². The van der Waals surface area contributed by atoms with Crippen LogP contribution in [0.15, 0.2) is 24.3 Å². The first-order chi connectivity index (χ1) is 9.31. The molecule has 0 saturated carbocycles. The fraction of sp³-hybridized carbons (Fsp3) is 0.562. The van der Waals surface area contributed by atoms with E-state index in [-0.39, 0.29) is 5.91 Å². The van der Waals surface area contributed by atoms with Crippen LogP contribution in [0.1, 0.15) is 32.8 Å². The number of carbonyl (C=O) groups excluding carboxylic acids is 1. The minimum absolute atomic E-state index is 0.00211. The summed E-state index contributed by atoms with van der Waals surface area (Å²) in [6.45, 7) is 8.59. The highest BCUT2D eigenvalue weighted by Gasteiger charge is 2.20. The summed E-state index contributed by atoms with van der Waals surface area (Å²) in [6, 6.07) is 7.75. The van der Waals surface area contributed by atoms with Crippen LogP contribution < -0.4 is 4.74 Å². The fourth-order valence-corrected chi connectivity index (χ4v) is 1.96. The zero-order chi connectivity index (χ0) is 15.2. The Kier molecular flexibility index (Phi) is 6.02. The highest BCUT2D eigenvalue weighted by Crippen LogP contribution is 2.13. The summed E-state index contributed by atoms with van der Waals surface area (Å²) < 4.78 is 5.57. The van der Waals surface area contributed by atoms with Crippen molar-refractivity contribution in [1.82, 2.24) is 4.90 Å². The normalized spacial score (nSPS) is 11.2. The summed E-state index contributed by atoms with van der Waals surface area (Å²) in [5.41, 5.74) is 0.259. The molecule has 0 heterocycles. The molecule has 0 aromatic heterocycles. The number of amides is 1. The first-order valence-corrected chi connectivity index (χ1v) is 7.01. The van der Waals surface area contributed by atoms with E-state index >= 15 is 0 Å². The molecule has 1 N–H and O–H groups in total. The van der Waals surface area contributed by atoms with Gasteiger partial charge >= 0.3 is 0 Å². The number of rotatable bonds is 7. The summed E-state index contributed by atoms with van der Waals surface area (Å²) in [4.78, 5) is 13.7. The van der Waals surface area contributed by atoms with Gasteiger partial charge in [-0.3, -0.25) is 4.79 Å². The second kappa shape index (κ2) is 7.29. The molecule has 0 unspecified atom stereocenters. The van der Waals surface area contributed by atoms with Crippen molar-refractivity contribution in [2.45, 2.75) is 39.7 Å². The average Bonchev–Trinajstić information content (AvgIpc) is 2.34. The molecule has 0 saturated heterocycles. The molecule has 20 heavy (non-hydrogen) atoms. The second-order valence-corrected chi connectivity index (χ2v) is 5.64. The van der Waals surface area contributed by atoms with Gasteiger partial charge in [0.05, 0.1) is 18.6 Å². The average molecular weight is 279 g/mol. The van der Waals surface area contributed by atoms with Crippen LogP contribution in [-0.2, 0) is 4.79 Å². The van der Waals surface area contributed by atoms with Crippen LogP contribution in [-0.4, -0.2) is 41.2 Å². The largest absolute Gasteiger partial charge is 0.493 e. The minimum Gasteiger partial charge on any atom is -0.493 e. The van der Waals surface area contributed by atoms with Gasteiger partial charge in [-0.15, -0.1) is 0 Å². The van der Waals surface area contributed by atoms with Crippen LogP contribution in [0, 0.1) is 6.92 Å². The molecular formula is C16H25NO3. The third kappa shape index (κ3) is 6.06. The molecule has 0 atom stereocenters. The van der Waals surface area contributed by atoms with Gasteiger partial charge in [0.15, 0.2) is 0 Å². The third-order valence-electron chi connectivity index (χ3n) is 2.89. The zero-order valence-corrected chi connectivity index (χ0v) is 12.8. The van der Waals surface area contributed by atoms with Gasteiger partial charge in [0.2, 0.25) is 5.91 Å². The highest BCUT2D eigenvalue weighted by atomic mass is 16.5. The van der Waals surface area contributed by atoms with Crippen LogP contribution in [0.3, 0.4) is 0 Å². The molecule has 0 aliphatic carbocycles. The zero-order valence-electron chi connectivity index (χ0n) is 12.8. The van der Waals surface area contributed by atoms with E-state index in [0.717, 1.165) is 11.3 Å². The van der Waals surface area contributed by atoms with Gasteiger partial charge in [-0.25, -0.2) is 0 Å². The molecule has 1 rings (SSSR count). The fourth-order valence-electron chi connectivity index (χ4n) is 1.96. The van der Waals surface area contributed by atoms with E-state index in [1.165, 1.54) is 0 Å². The van der Waals surface area contributed by atoms with Crippen molar-refractivity contribution in [2.75, 3.05) is 19.7 Å². The lowest BCUT2D eigenvalue weighted by Crippen LogP contribution is -2.42. The lowest BCUT2D eigenvalue weighted by molar-refractivity contribution is -0.134. The Bertz CT molecular complexity index is 438. The van der Waals surface area contributed by atoms with Crippen LogP contribution in [0.4, 0.5) is 0 Å². The molecule has 0 aliphatic rings. The van der Waals surface area contributed by atoms with Gasteiger partial charge in [-0.05, 0) is 45.4 Å². The SMILES string of the molecule is CCN(CC(C)(C)O)C(=O)CCOc1cccc(C)c1. The van der Waals surface area contributed by atoms with Crippen LogP contribution in [0.25, 0.3) is 0 Å². The summed E-state index contributed by atoms with van der Waals surface area (Å²) in [7, 11) is 0. The number of hydrogen-bond acceptors (Lipinski definition) is 3. The topological polar surface area (TPSA) is 49.8 Å². The molecule has 112 valence electrons. The van der Waals surface area contributed by atoms with Gasteiger partial charge in [-0.1, -0.05) is 12.1 Å². The number of hydrogen-bond donors (Lipinski definition) is 1. The quantitative estimate of drug-likeness (QED) is 0.833. The molecule has 0 spiro atoms. The second-order valence-electron chi connectivity index (χ2n) is 5.64.